The van der Waals surface area contributed by atoms with Crippen molar-refractivity contribution >= 4 is 5.82 Å². The van der Waals surface area contributed by atoms with E-state index >= 15 is 0 Å². The van der Waals surface area contributed by atoms with Crippen LogP contribution in [0.2, 0.25) is 0 Å². The van der Waals surface area contributed by atoms with Crippen LogP contribution in [0.4, 0.5) is 5.82 Å². The summed E-state index contributed by atoms with van der Waals surface area (Å²) in [5.74, 6) is 0.681. The lowest BCUT2D eigenvalue weighted by Gasteiger charge is -2.17. The molecule has 1 aromatic heterocycles. The molecule has 1 heterocycles. The van der Waals surface area contributed by atoms with Crippen LogP contribution >= 0.6 is 0 Å². The summed E-state index contributed by atoms with van der Waals surface area (Å²) in [5.41, 5.74) is 2.52. The van der Waals surface area contributed by atoms with Crippen molar-refractivity contribution in [3.63, 3.8) is 0 Å². The van der Waals surface area contributed by atoms with E-state index in [1.165, 1.54) is 0 Å². The molecule has 5 heteroatoms. The monoisotopic (exact) mass is 262 g/mol. The lowest BCUT2D eigenvalue weighted by Crippen LogP contribution is -2.28. The zero-order valence-corrected chi connectivity index (χ0v) is 12.2. The molecule has 0 bridgehead atoms. The van der Waals surface area contributed by atoms with Crippen molar-refractivity contribution < 1.29 is 4.74 Å². The molecule has 0 saturated carbocycles. The molecule has 104 valence electrons. The van der Waals surface area contributed by atoms with Crippen LogP contribution in [0.3, 0.4) is 0 Å². The van der Waals surface area contributed by atoms with Gasteiger partial charge in [-0.1, -0.05) is 0 Å². The largest absolute Gasteiger partial charge is 0.383 e. The van der Waals surface area contributed by atoms with Gasteiger partial charge in [0.2, 0.25) is 0 Å². The van der Waals surface area contributed by atoms with Gasteiger partial charge in [0.15, 0.2) is 0 Å². The van der Waals surface area contributed by atoms with Crippen LogP contribution < -0.4 is 5.32 Å². The highest BCUT2D eigenvalue weighted by Crippen LogP contribution is 2.17. The average Bonchev–Trinajstić information content (AvgIpc) is 2.36. The Morgan fingerprint density at radius 2 is 2.16 bits per heavy atom. The van der Waals surface area contributed by atoms with E-state index in [0.717, 1.165) is 37.5 Å². The van der Waals surface area contributed by atoms with Crippen molar-refractivity contribution in [3.05, 3.63) is 22.9 Å². The molecule has 1 aromatic rings. The predicted octanol–water partition coefficient (Wildman–Crippen LogP) is 1.56. The molecule has 0 aliphatic rings. The Labute approximate surface area is 115 Å². The van der Waals surface area contributed by atoms with E-state index in [0.29, 0.717) is 11.4 Å². The molecule has 0 aliphatic heterocycles. The summed E-state index contributed by atoms with van der Waals surface area (Å²) in [6.07, 6.45) is 0. The van der Waals surface area contributed by atoms with Gasteiger partial charge in [-0.2, -0.15) is 5.26 Å². The van der Waals surface area contributed by atoms with Gasteiger partial charge in [0.25, 0.3) is 0 Å². The fourth-order valence-electron chi connectivity index (χ4n) is 1.83. The number of nitrogens with one attached hydrogen (secondary N) is 1. The van der Waals surface area contributed by atoms with Crippen molar-refractivity contribution in [1.82, 2.24) is 9.88 Å². The van der Waals surface area contributed by atoms with Crippen molar-refractivity contribution in [2.75, 3.05) is 45.7 Å². The molecule has 0 saturated heterocycles. The molecule has 1 N–H and O–H groups in total. The van der Waals surface area contributed by atoms with Gasteiger partial charge in [-0.25, -0.2) is 4.98 Å². The maximum atomic E-state index is 9.16. The SMILES string of the molecule is COCCN(C)CCNc1nc(C)cc(C)c1C#N. The number of rotatable bonds is 7. The molecule has 0 amide bonds. The van der Waals surface area contributed by atoms with Crippen LogP contribution in [0.5, 0.6) is 0 Å². The summed E-state index contributed by atoms with van der Waals surface area (Å²) in [6.45, 7) is 7.12. The summed E-state index contributed by atoms with van der Waals surface area (Å²) in [4.78, 5) is 6.56. The van der Waals surface area contributed by atoms with Crippen molar-refractivity contribution in [2.24, 2.45) is 0 Å². The molecule has 19 heavy (non-hydrogen) atoms. The summed E-state index contributed by atoms with van der Waals surface area (Å²) in [7, 11) is 3.74. The van der Waals surface area contributed by atoms with Crippen molar-refractivity contribution in [3.8, 4) is 6.07 Å². The summed E-state index contributed by atoms with van der Waals surface area (Å²) < 4.78 is 5.03. The Balaban J connectivity index is 2.56. The standard InChI is InChI=1S/C14H22N4O/c1-11-9-12(2)17-14(13(11)10-15)16-5-6-18(3)7-8-19-4/h9H,5-8H2,1-4H3,(H,16,17). The second-order valence-corrected chi connectivity index (χ2v) is 4.64. The number of aromatic nitrogens is 1. The zero-order chi connectivity index (χ0) is 14.3. The van der Waals surface area contributed by atoms with E-state index in [-0.39, 0.29) is 0 Å². The Bertz CT molecular complexity index is 453. The second-order valence-electron chi connectivity index (χ2n) is 4.64. The fraction of sp³-hybridized carbons (Fsp3) is 0.571. The number of aryl methyl sites for hydroxylation is 2. The first-order chi connectivity index (χ1) is 9.08. The first-order valence-corrected chi connectivity index (χ1v) is 6.38. The lowest BCUT2D eigenvalue weighted by atomic mass is 10.1. The minimum atomic E-state index is 0.630. The normalized spacial score (nSPS) is 10.5. The number of nitrogens with zero attached hydrogens (tertiary/aromatic N) is 3. The molecule has 0 aliphatic carbocycles. The summed E-state index contributed by atoms with van der Waals surface area (Å²) in [6, 6.07) is 4.13. The van der Waals surface area contributed by atoms with Crippen LogP contribution in [0, 0.1) is 25.2 Å². The molecule has 0 unspecified atom stereocenters. The first-order valence-electron chi connectivity index (χ1n) is 6.38. The number of anilines is 1. The van der Waals surface area contributed by atoms with E-state index in [2.05, 4.69) is 21.3 Å². The molecule has 1 rings (SSSR count). The van der Waals surface area contributed by atoms with Gasteiger partial charge < -0.3 is 15.0 Å². The Hall–Kier alpha value is -1.64. The van der Waals surface area contributed by atoms with Gasteiger partial charge in [0.1, 0.15) is 11.9 Å². The van der Waals surface area contributed by atoms with E-state index in [4.69, 9.17) is 10.00 Å². The lowest BCUT2D eigenvalue weighted by molar-refractivity contribution is 0.163. The third kappa shape index (κ3) is 4.86. The van der Waals surface area contributed by atoms with Crippen molar-refractivity contribution in [2.45, 2.75) is 13.8 Å². The minimum absolute atomic E-state index is 0.630. The maximum absolute atomic E-state index is 9.16. The van der Waals surface area contributed by atoms with Gasteiger partial charge in [-0.15, -0.1) is 0 Å². The van der Waals surface area contributed by atoms with Crippen LogP contribution in [-0.4, -0.2) is 50.3 Å². The molecule has 0 atom stereocenters. The summed E-state index contributed by atoms with van der Waals surface area (Å²) in [5, 5.41) is 12.4. The van der Waals surface area contributed by atoms with E-state index < -0.39 is 0 Å². The summed E-state index contributed by atoms with van der Waals surface area (Å²) >= 11 is 0. The Morgan fingerprint density at radius 1 is 1.42 bits per heavy atom. The molecule has 0 fully saturated rings. The highest BCUT2D eigenvalue weighted by molar-refractivity contribution is 5.56. The highest BCUT2D eigenvalue weighted by atomic mass is 16.5. The number of hydrogen-bond donors (Lipinski definition) is 1. The number of ether oxygens (including phenoxy) is 1. The van der Waals surface area contributed by atoms with Crippen LogP contribution in [0.25, 0.3) is 0 Å². The number of likely N-dealkylation sites (N-methyl/N-ethyl adjacent to an activating group) is 1. The first kappa shape index (κ1) is 15.4. The zero-order valence-electron chi connectivity index (χ0n) is 12.2. The van der Waals surface area contributed by atoms with Gasteiger partial charge in [0, 0.05) is 32.4 Å². The molecule has 0 aromatic carbocycles. The van der Waals surface area contributed by atoms with E-state index in [9.17, 15) is 0 Å². The van der Waals surface area contributed by atoms with Crippen LogP contribution in [0.1, 0.15) is 16.8 Å². The number of methoxy groups -OCH3 is 1. The van der Waals surface area contributed by atoms with Crippen LogP contribution in [0.15, 0.2) is 6.07 Å². The smallest absolute Gasteiger partial charge is 0.144 e. The number of nitriles is 1. The average molecular weight is 262 g/mol. The van der Waals surface area contributed by atoms with Crippen LogP contribution in [-0.2, 0) is 4.74 Å². The minimum Gasteiger partial charge on any atom is -0.383 e. The van der Waals surface area contributed by atoms with E-state index in [1.807, 2.05) is 27.0 Å². The number of hydrogen-bond acceptors (Lipinski definition) is 5. The van der Waals surface area contributed by atoms with Gasteiger partial charge in [-0.3, -0.25) is 0 Å². The highest BCUT2D eigenvalue weighted by Gasteiger charge is 2.08. The molecule has 0 spiro atoms. The maximum Gasteiger partial charge on any atom is 0.144 e. The fourth-order valence-corrected chi connectivity index (χ4v) is 1.83. The molecule has 0 radical (unpaired) electrons. The predicted molar refractivity (Wildman–Crippen MR) is 76.3 cm³/mol. The van der Waals surface area contributed by atoms with Crippen molar-refractivity contribution in [1.29, 1.82) is 5.26 Å². The molecule has 5 nitrogen and oxygen atoms in total. The third-order valence-corrected chi connectivity index (χ3v) is 2.92. The van der Waals surface area contributed by atoms with Gasteiger partial charge in [-0.05, 0) is 32.5 Å². The second kappa shape index (κ2) is 7.72. The topological polar surface area (TPSA) is 61.2 Å². The van der Waals surface area contributed by atoms with E-state index in [1.54, 1.807) is 7.11 Å². The van der Waals surface area contributed by atoms with Gasteiger partial charge in [0.05, 0.1) is 12.2 Å². The van der Waals surface area contributed by atoms with Gasteiger partial charge >= 0.3 is 0 Å². The quantitative estimate of drug-likeness (QED) is 0.808. The molecular weight excluding hydrogens is 240 g/mol. The number of pyridine rings is 1. The Morgan fingerprint density at radius 3 is 2.79 bits per heavy atom. The Kier molecular flexibility index (Phi) is 6.26. The molecular formula is C14H22N4O. The third-order valence-electron chi connectivity index (χ3n) is 2.92.